The van der Waals surface area contributed by atoms with Crippen molar-refractivity contribution in [3.63, 3.8) is 0 Å². The molecule has 0 unspecified atom stereocenters. The number of rotatable bonds is 21. The summed E-state index contributed by atoms with van der Waals surface area (Å²) in [6.07, 6.45) is 3.39. The number of likely N-dealkylation sites (N-methyl/N-ethyl adjacent to an activating group) is 7. The van der Waals surface area contributed by atoms with E-state index in [0.29, 0.717) is 6.42 Å². The van der Waals surface area contributed by atoms with Gasteiger partial charge in [0.1, 0.15) is 72.6 Å². The second-order valence-corrected chi connectivity index (χ2v) is 36.1. The molecule has 0 spiro atoms. The maximum absolute atomic E-state index is 15.7. The average molecular weight is 1500 g/mol. The number of amides is 11. The first-order valence-corrected chi connectivity index (χ1v) is 39.8. The number of hydrogen-bond acceptors (Lipinski definition) is 14. The van der Waals surface area contributed by atoms with Gasteiger partial charge in [-0.15, -0.1) is 0 Å². The Bertz CT molecular complexity index is 3310. The van der Waals surface area contributed by atoms with Gasteiger partial charge in [0.2, 0.25) is 65.0 Å². The fraction of sp³-hybridized carbons (Fsp3) is 0.675. The molecule has 1 aliphatic heterocycles. The molecule has 594 valence electrons. The summed E-state index contributed by atoms with van der Waals surface area (Å²) in [6, 6.07) is 4.40. The lowest BCUT2D eigenvalue weighted by molar-refractivity contribution is -0.164. The van der Waals surface area contributed by atoms with E-state index in [2.05, 4.69) is 21.3 Å². The van der Waals surface area contributed by atoms with Crippen molar-refractivity contribution in [1.82, 2.24) is 55.6 Å². The Labute approximate surface area is 633 Å². The normalized spacial score (nSPS) is 25.1. The number of carbonyl (C=O) groups excluding carboxylic acids is 12. The maximum Gasteiger partial charge on any atom is 0.303 e. The second-order valence-electron chi connectivity index (χ2n) is 32.2. The predicted octanol–water partition coefficient (Wildman–Crippen LogP) is 6.13. The number of nitrogens with one attached hydrogen (secondary N) is 4. The fourth-order valence-corrected chi connectivity index (χ4v) is 18.1. The van der Waals surface area contributed by atoms with Gasteiger partial charge in [-0.3, -0.25) is 57.5 Å². The molecule has 2 aromatic rings. The molecule has 11 amide bonds. The predicted molar refractivity (Wildman–Crippen MR) is 416 cm³/mol. The Balaban J connectivity index is 2.47. The highest BCUT2D eigenvalue weighted by molar-refractivity contribution is 6.98. The lowest BCUT2D eigenvalue weighted by Crippen LogP contribution is -2.65. The Hall–Kier alpha value is -8.00. The van der Waals surface area contributed by atoms with Gasteiger partial charge in [0.25, 0.3) is 8.32 Å². The molecule has 1 aliphatic rings. The molecular formula is C80H131N11O14Si. The molecule has 1 heterocycles. The van der Waals surface area contributed by atoms with Crippen LogP contribution in [0.2, 0.25) is 5.04 Å². The molecule has 106 heavy (non-hydrogen) atoms. The van der Waals surface area contributed by atoms with E-state index in [-0.39, 0.29) is 56.3 Å². The molecule has 25 nitrogen and oxygen atoms in total. The van der Waals surface area contributed by atoms with Crippen molar-refractivity contribution >= 4 is 89.6 Å². The first kappa shape index (κ1) is 92.2. The van der Waals surface area contributed by atoms with Gasteiger partial charge < -0.3 is 65.1 Å². The average Bonchev–Trinajstić information content (AvgIpc) is 0.753. The van der Waals surface area contributed by atoms with Crippen LogP contribution in [0.25, 0.3) is 0 Å². The molecule has 14 atom stereocenters. The van der Waals surface area contributed by atoms with Crippen molar-refractivity contribution in [1.29, 1.82) is 0 Å². The highest BCUT2D eigenvalue weighted by Gasteiger charge is 2.52. The summed E-state index contributed by atoms with van der Waals surface area (Å²) in [5, 5.41) is 12.0. The van der Waals surface area contributed by atoms with Gasteiger partial charge >= 0.3 is 5.97 Å². The lowest BCUT2D eigenvalue weighted by Gasteiger charge is -2.43. The number of ether oxygens (including phenoxy) is 1. The number of allylic oxidation sites excluding steroid dienone is 2. The fourth-order valence-electron chi connectivity index (χ4n) is 14.4. The molecule has 3 rings (SSSR count). The smallest absolute Gasteiger partial charge is 0.303 e. The van der Waals surface area contributed by atoms with Gasteiger partial charge in [0.15, 0.2) is 0 Å². The zero-order valence-electron chi connectivity index (χ0n) is 68.7. The van der Waals surface area contributed by atoms with E-state index in [1.54, 1.807) is 61.5 Å². The first-order valence-electron chi connectivity index (χ1n) is 37.9. The molecule has 0 aromatic heterocycles. The third kappa shape index (κ3) is 23.3. The van der Waals surface area contributed by atoms with Crippen LogP contribution in [-0.4, -0.2) is 240 Å². The first-order chi connectivity index (χ1) is 49.2. The quantitative estimate of drug-likeness (QED) is 0.0534. The zero-order valence-corrected chi connectivity index (χ0v) is 69.7. The monoisotopic (exact) mass is 1500 g/mol. The van der Waals surface area contributed by atoms with Crippen molar-refractivity contribution in [2.45, 2.75) is 261 Å². The summed E-state index contributed by atoms with van der Waals surface area (Å²) >= 11 is 0. The van der Waals surface area contributed by atoms with E-state index in [1.807, 2.05) is 122 Å². The van der Waals surface area contributed by atoms with Gasteiger partial charge in [-0.25, -0.2) is 0 Å². The molecule has 1 fully saturated rings. The van der Waals surface area contributed by atoms with Crippen LogP contribution in [0.15, 0.2) is 72.8 Å². The van der Waals surface area contributed by atoms with Crippen LogP contribution >= 0.6 is 0 Å². The third-order valence-corrected chi connectivity index (χ3v) is 25.7. The summed E-state index contributed by atoms with van der Waals surface area (Å²) in [7, 11) is 6.30. The molecular weight excluding hydrogens is 1370 g/mol. The Morgan fingerprint density at radius 3 is 1.40 bits per heavy atom. The second kappa shape index (κ2) is 40.8. The van der Waals surface area contributed by atoms with Crippen molar-refractivity contribution < 1.29 is 67.1 Å². The van der Waals surface area contributed by atoms with Gasteiger partial charge in [0.05, 0.1) is 0 Å². The van der Waals surface area contributed by atoms with Crippen LogP contribution in [0, 0.1) is 41.4 Å². The minimum absolute atomic E-state index is 0.0506. The third-order valence-electron chi connectivity index (χ3n) is 21.2. The molecule has 1 saturated heterocycles. The molecule has 2 aromatic carbocycles. The Kier molecular flexibility index (Phi) is 35.5. The van der Waals surface area contributed by atoms with E-state index in [0.717, 1.165) is 20.2 Å². The van der Waals surface area contributed by atoms with Crippen LogP contribution < -0.4 is 31.6 Å². The number of esters is 1. The number of nitrogens with zero attached hydrogens (tertiary/aromatic N) is 7. The SMILES string of the molecule is C/C=C/C[C@@H](C)[C@@H](OC(C)=O)[C@H]1C(=O)N[C@@H](CC)C(=O)N(C)[C@H](C)C(=O)N(C)[C@@H]([C@H](C)CCC(C)(C)[Si](O)(c2ccccc2)c2ccccc2)C(=O)N[C@@H](C(C)C)C(=O)N(C)[C@@H](CC(C)C)C(=O)N[C@@H](C)C(=O)N[C@H](C)C(=O)N(C)[C@@H](CC(C)C)C(=O)N(C)[C@@H](CC(C)C)C(=O)N(C)[C@@H](C(C)C)C(=O)N1C. The molecule has 0 bridgehead atoms. The molecule has 26 heteroatoms. The molecule has 0 radical (unpaired) electrons. The number of benzene rings is 2. The van der Waals surface area contributed by atoms with E-state index >= 15 is 38.4 Å². The van der Waals surface area contributed by atoms with Gasteiger partial charge in [-0.05, 0) is 129 Å². The van der Waals surface area contributed by atoms with Gasteiger partial charge in [-0.1, -0.05) is 177 Å². The topological polar surface area (TPSA) is 305 Å². The van der Waals surface area contributed by atoms with Crippen LogP contribution in [0.4, 0.5) is 0 Å². The van der Waals surface area contributed by atoms with Crippen molar-refractivity contribution in [2.75, 3.05) is 49.3 Å². The lowest BCUT2D eigenvalue weighted by atomic mass is 9.90. The van der Waals surface area contributed by atoms with Crippen molar-refractivity contribution in [2.24, 2.45) is 41.4 Å². The standard InChI is InChI=1S/C80H131N11O14Si/c1-28-30-37-53(14)68(105-57(18)92)67-72(96)83-60(29-2)75(99)85(21)56(17)74(98)90(26)66(52(13)42-43-80(19,20)106(104,58-38-33-31-34-39-58)59-40-35-32-36-41-59)71(95)84-64(50(9)10)78(102)86(22)61(44-47(3)4)70(94)81-54(15)69(93)82-55(16)73(97)87(23)62(45-48(5)6)76(100)88(24)63(46-49(7)8)77(101)89(25)65(51(11)12)79(103)91(67)27/h28,30-36,38-41,47-56,60-68,104H,29,37,42-46H2,1-27H3,(H,81,94)(H,82,93)(H,83,96)(H,84,95)/b30-28+/t52-,53-,54+,55-,56-,60+,61+,62+,63+,64+,65+,66+,67+,68-/m1/s1. The zero-order chi connectivity index (χ0) is 81.1. The number of hydrogen-bond donors (Lipinski definition) is 5. The highest BCUT2D eigenvalue weighted by atomic mass is 28.4. The van der Waals surface area contributed by atoms with Crippen molar-refractivity contribution in [3.05, 3.63) is 72.8 Å². The highest BCUT2D eigenvalue weighted by Crippen LogP contribution is 2.42. The number of carbonyl (C=O) groups is 12. The summed E-state index contributed by atoms with van der Waals surface area (Å²) < 4.78 is 6.02. The minimum atomic E-state index is -3.64. The molecule has 0 saturated carbocycles. The Morgan fingerprint density at radius 2 is 0.943 bits per heavy atom. The summed E-state index contributed by atoms with van der Waals surface area (Å²) in [5.74, 6) is -11.8. The van der Waals surface area contributed by atoms with E-state index in [9.17, 15) is 24.0 Å². The van der Waals surface area contributed by atoms with Gasteiger partial charge in [-0.2, -0.15) is 0 Å². The van der Waals surface area contributed by atoms with Crippen LogP contribution in [0.3, 0.4) is 0 Å². The largest absolute Gasteiger partial charge is 0.459 e. The van der Waals surface area contributed by atoms with Crippen LogP contribution in [0.1, 0.15) is 183 Å². The van der Waals surface area contributed by atoms with E-state index in [4.69, 9.17) is 4.74 Å². The minimum Gasteiger partial charge on any atom is -0.459 e. The summed E-state index contributed by atoms with van der Waals surface area (Å²) in [4.78, 5) is 202. The summed E-state index contributed by atoms with van der Waals surface area (Å²) in [5.41, 5.74) is 0. The van der Waals surface area contributed by atoms with Gasteiger partial charge in [0, 0.05) is 56.3 Å². The van der Waals surface area contributed by atoms with E-state index in [1.165, 1.54) is 102 Å². The molecule has 0 aliphatic carbocycles. The maximum atomic E-state index is 15.7. The summed E-state index contributed by atoms with van der Waals surface area (Å²) in [6.45, 7) is 34.5. The van der Waals surface area contributed by atoms with Crippen LogP contribution in [0.5, 0.6) is 0 Å². The Morgan fingerprint density at radius 1 is 0.509 bits per heavy atom. The molecule has 5 N–H and O–H groups in total. The van der Waals surface area contributed by atoms with Crippen molar-refractivity contribution in [3.8, 4) is 0 Å². The van der Waals surface area contributed by atoms with Crippen LogP contribution in [-0.2, 0) is 62.3 Å². The van der Waals surface area contributed by atoms with E-state index < -0.39 is 181 Å².